The SMILES string of the molecule is CC1CCC2(C(=O)NCCOCCOCCNc3cccc4c3C(=O)N(C3CCC(=O)NC3=O)C4=O)CCC3(C)C(=CCC4C5(C)CCC(O)C(C)(C)C5CCC43C)C2C1C. The van der Waals surface area contributed by atoms with Crippen molar-refractivity contribution in [2.24, 2.45) is 56.7 Å². The highest BCUT2D eigenvalue weighted by molar-refractivity contribution is 6.25. The maximum atomic E-state index is 14.5. The maximum absolute atomic E-state index is 14.5. The zero-order valence-electron chi connectivity index (χ0n) is 37.6. The average molecular weight is 843 g/mol. The van der Waals surface area contributed by atoms with Gasteiger partial charge in [-0.05, 0) is 128 Å². The summed E-state index contributed by atoms with van der Waals surface area (Å²) in [5.41, 5.74) is 2.39. The number of fused-ring (bicyclic) bond motifs is 8. The second-order valence-electron chi connectivity index (χ2n) is 21.3. The van der Waals surface area contributed by atoms with E-state index in [1.54, 1.807) is 23.8 Å². The third kappa shape index (κ3) is 6.91. The first-order valence-corrected chi connectivity index (χ1v) is 23.3. The van der Waals surface area contributed by atoms with Crippen LogP contribution in [0.1, 0.15) is 140 Å². The van der Waals surface area contributed by atoms with Crippen molar-refractivity contribution in [1.29, 1.82) is 0 Å². The van der Waals surface area contributed by atoms with Gasteiger partial charge in [0.05, 0.1) is 49.1 Å². The summed E-state index contributed by atoms with van der Waals surface area (Å²) in [7, 11) is 0. The number of aliphatic hydroxyl groups excluding tert-OH is 1. The maximum Gasteiger partial charge on any atom is 0.264 e. The van der Waals surface area contributed by atoms with Gasteiger partial charge in [0.1, 0.15) is 6.04 Å². The third-order valence-electron chi connectivity index (χ3n) is 18.4. The van der Waals surface area contributed by atoms with Gasteiger partial charge in [-0.25, -0.2) is 0 Å². The molecule has 4 N–H and O–H groups in total. The molecule has 11 atom stereocenters. The quantitative estimate of drug-likeness (QED) is 0.102. The van der Waals surface area contributed by atoms with Crippen LogP contribution in [-0.2, 0) is 23.9 Å². The van der Waals surface area contributed by atoms with Gasteiger partial charge in [0.25, 0.3) is 11.8 Å². The number of nitrogens with one attached hydrogen (secondary N) is 3. The number of piperidine rings is 1. The van der Waals surface area contributed by atoms with Crippen molar-refractivity contribution in [3.05, 3.63) is 41.0 Å². The lowest BCUT2D eigenvalue weighted by Crippen LogP contribution is -2.66. The Hall–Kier alpha value is -3.61. The Balaban J connectivity index is 0.824. The van der Waals surface area contributed by atoms with E-state index in [-0.39, 0.29) is 63.6 Å². The van der Waals surface area contributed by atoms with Crippen molar-refractivity contribution in [2.75, 3.05) is 44.8 Å². The molecule has 2 aliphatic heterocycles. The van der Waals surface area contributed by atoms with Crippen LogP contribution in [0.25, 0.3) is 0 Å². The molecule has 7 aliphatic rings. The lowest BCUT2D eigenvalue weighted by molar-refractivity contribution is -0.204. The van der Waals surface area contributed by atoms with Gasteiger partial charge in [0, 0.05) is 25.2 Å². The zero-order chi connectivity index (χ0) is 43.7. The Kier molecular flexibility index (Phi) is 11.7. The van der Waals surface area contributed by atoms with Gasteiger partial charge in [-0.2, -0.15) is 0 Å². The first kappa shape index (κ1) is 44.0. The van der Waals surface area contributed by atoms with Gasteiger partial charge in [0.15, 0.2) is 0 Å². The van der Waals surface area contributed by atoms with Gasteiger partial charge < -0.3 is 25.2 Å². The number of benzene rings is 1. The van der Waals surface area contributed by atoms with Crippen LogP contribution in [0.2, 0.25) is 0 Å². The summed E-state index contributed by atoms with van der Waals surface area (Å²) in [6.45, 7) is 19.4. The number of rotatable bonds is 12. The number of imide groups is 2. The van der Waals surface area contributed by atoms with Crippen LogP contribution in [0.15, 0.2) is 29.8 Å². The number of aliphatic hydroxyl groups is 1. The van der Waals surface area contributed by atoms with Crippen LogP contribution in [0.5, 0.6) is 0 Å². The third-order valence-corrected chi connectivity index (χ3v) is 18.4. The van der Waals surface area contributed by atoms with Crippen molar-refractivity contribution < 1.29 is 38.6 Å². The highest BCUT2D eigenvalue weighted by atomic mass is 16.5. The molecule has 11 unspecified atom stereocenters. The Morgan fingerprint density at radius 2 is 1.59 bits per heavy atom. The number of carbonyl (C=O) groups excluding carboxylic acids is 5. The Morgan fingerprint density at radius 1 is 0.852 bits per heavy atom. The van der Waals surface area contributed by atoms with Crippen LogP contribution in [0.4, 0.5) is 5.69 Å². The molecule has 1 aromatic rings. The number of hydrogen-bond donors (Lipinski definition) is 4. The van der Waals surface area contributed by atoms with E-state index >= 15 is 0 Å². The number of carbonyl (C=O) groups is 5. The fraction of sp³-hybridized carbons (Fsp3) is 0.735. The van der Waals surface area contributed by atoms with Gasteiger partial charge in [-0.15, -0.1) is 0 Å². The second kappa shape index (κ2) is 16.2. The molecule has 0 spiro atoms. The molecule has 61 heavy (non-hydrogen) atoms. The normalized spacial score (nSPS) is 38.9. The average Bonchev–Trinajstić information content (AvgIpc) is 3.47. The van der Waals surface area contributed by atoms with E-state index in [2.05, 4.69) is 70.5 Å². The fourth-order valence-corrected chi connectivity index (χ4v) is 14.5. The molecule has 0 bridgehead atoms. The topological polar surface area (TPSA) is 163 Å². The minimum atomic E-state index is -1.02. The number of anilines is 1. The zero-order valence-corrected chi connectivity index (χ0v) is 37.6. The number of ether oxygens (including phenoxy) is 2. The van der Waals surface area contributed by atoms with Crippen LogP contribution >= 0.6 is 0 Å². The molecule has 12 heteroatoms. The van der Waals surface area contributed by atoms with E-state index in [1.165, 1.54) is 6.42 Å². The summed E-state index contributed by atoms with van der Waals surface area (Å²) in [4.78, 5) is 66.1. The highest BCUT2D eigenvalue weighted by Crippen LogP contribution is 2.75. The number of nitrogens with zero attached hydrogens (tertiary/aromatic N) is 1. The summed E-state index contributed by atoms with van der Waals surface area (Å²) < 4.78 is 11.7. The molecule has 334 valence electrons. The molecule has 12 nitrogen and oxygen atoms in total. The van der Waals surface area contributed by atoms with Crippen LogP contribution in [0, 0.1) is 56.7 Å². The molecule has 0 aromatic heterocycles. The largest absolute Gasteiger partial charge is 0.393 e. The number of allylic oxidation sites excluding steroid dienone is 2. The van der Waals surface area contributed by atoms with Gasteiger partial charge in [-0.3, -0.25) is 34.2 Å². The molecule has 1 aromatic carbocycles. The van der Waals surface area contributed by atoms with Gasteiger partial charge in [-0.1, -0.05) is 66.2 Å². The minimum absolute atomic E-state index is 0.0407. The first-order chi connectivity index (χ1) is 28.9. The molecule has 8 rings (SSSR count). The summed E-state index contributed by atoms with van der Waals surface area (Å²) in [6, 6.07) is 3.96. The Morgan fingerprint density at radius 3 is 2.33 bits per heavy atom. The standard InChI is InChI=1S/C49H70N4O8/c1-29-15-20-49(22-21-47(6)32(40(49)30(29)2)11-13-36-46(5)18-17-37(54)45(3,4)35(46)16-19-48(36,47)7)44(59)51-24-26-61-28-27-60-25-23-50-33-10-8-9-31-39(33)43(58)53(42(31)57)34-12-14-38(55)52-41(34)56/h8-11,29-30,34-37,40,50,54H,12-28H2,1-7H3,(H,51,59)(H,52,55,56). The predicted molar refractivity (Wildman–Crippen MR) is 231 cm³/mol. The number of hydrogen-bond acceptors (Lipinski definition) is 9. The van der Waals surface area contributed by atoms with Gasteiger partial charge >= 0.3 is 0 Å². The Labute approximate surface area is 362 Å². The number of amides is 5. The minimum Gasteiger partial charge on any atom is -0.393 e. The van der Waals surface area contributed by atoms with Crippen LogP contribution < -0.4 is 16.0 Å². The van der Waals surface area contributed by atoms with E-state index in [0.717, 1.165) is 56.3 Å². The molecule has 5 aliphatic carbocycles. The van der Waals surface area contributed by atoms with Crippen molar-refractivity contribution in [3.8, 4) is 0 Å². The first-order valence-electron chi connectivity index (χ1n) is 23.3. The monoisotopic (exact) mass is 843 g/mol. The molecular formula is C49H70N4O8. The molecule has 0 radical (unpaired) electrons. The van der Waals surface area contributed by atoms with E-state index < -0.39 is 35.1 Å². The summed E-state index contributed by atoms with van der Waals surface area (Å²) >= 11 is 0. The lowest BCUT2D eigenvalue weighted by Gasteiger charge is -2.71. The fourth-order valence-electron chi connectivity index (χ4n) is 14.5. The van der Waals surface area contributed by atoms with E-state index in [9.17, 15) is 29.1 Å². The molecule has 5 amide bonds. The van der Waals surface area contributed by atoms with Gasteiger partial charge in [0.2, 0.25) is 17.7 Å². The molecule has 4 saturated carbocycles. The predicted octanol–water partition coefficient (Wildman–Crippen LogP) is 6.67. The van der Waals surface area contributed by atoms with Crippen molar-refractivity contribution in [3.63, 3.8) is 0 Å². The van der Waals surface area contributed by atoms with E-state index in [4.69, 9.17) is 9.47 Å². The Bertz CT molecular complexity index is 1980. The molecular weight excluding hydrogens is 773 g/mol. The smallest absolute Gasteiger partial charge is 0.264 e. The van der Waals surface area contributed by atoms with Crippen LogP contribution in [0.3, 0.4) is 0 Å². The van der Waals surface area contributed by atoms with E-state index in [0.29, 0.717) is 68.9 Å². The lowest BCUT2D eigenvalue weighted by atomic mass is 9.33. The van der Waals surface area contributed by atoms with Crippen LogP contribution in [-0.4, -0.2) is 91.2 Å². The van der Waals surface area contributed by atoms with Crippen molar-refractivity contribution in [1.82, 2.24) is 15.5 Å². The summed E-state index contributed by atoms with van der Waals surface area (Å²) in [6.07, 6.45) is 11.9. The second-order valence-corrected chi connectivity index (χ2v) is 21.3. The highest BCUT2D eigenvalue weighted by Gasteiger charge is 2.69. The summed E-state index contributed by atoms with van der Waals surface area (Å²) in [5.74, 6) is 0.320. The molecule has 5 fully saturated rings. The van der Waals surface area contributed by atoms with E-state index in [1.807, 2.05) is 0 Å². The van der Waals surface area contributed by atoms with Crippen molar-refractivity contribution >= 4 is 35.2 Å². The van der Waals surface area contributed by atoms with Crippen molar-refractivity contribution in [2.45, 2.75) is 131 Å². The molecule has 1 saturated heterocycles. The molecule has 2 heterocycles. The summed E-state index contributed by atoms with van der Waals surface area (Å²) in [5, 5.41) is 19.9.